The number of nitriles is 1. The number of esters is 1. The molecule has 0 saturated heterocycles. The first-order valence-corrected chi connectivity index (χ1v) is 9.51. The van der Waals surface area contributed by atoms with Gasteiger partial charge in [0.15, 0.2) is 0 Å². The summed E-state index contributed by atoms with van der Waals surface area (Å²) in [5.74, 6) is -1.93. The van der Waals surface area contributed by atoms with Crippen molar-refractivity contribution in [2.24, 2.45) is 16.7 Å². The smallest absolute Gasteiger partial charge is 0.330 e. The van der Waals surface area contributed by atoms with Crippen molar-refractivity contribution in [3.8, 4) is 17.6 Å². The third-order valence-electron chi connectivity index (χ3n) is 5.99. The van der Waals surface area contributed by atoms with E-state index in [4.69, 9.17) is 4.74 Å². The van der Waals surface area contributed by atoms with Crippen LogP contribution in [0.3, 0.4) is 0 Å². The van der Waals surface area contributed by atoms with Crippen LogP contribution in [-0.4, -0.2) is 24.2 Å². The number of ether oxygens (including phenoxy) is 2. The first-order chi connectivity index (χ1) is 14.3. The SMILES string of the molecule is COC(=O)/C=C\[C@H]1C(C)(C)[C@]1(C(=O)O)[C@@H](C#N)c1cccc(Oc2ccccc2)c1. The zero-order valence-electron chi connectivity index (χ0n) is 17.0. The summed E-state index contributed by atoms with van der Waals surface area (Å²) in [6, 6.07) is 18.3. The van der Waals surface area contributed by atoms with Crippen LogP contribution < -0.4 is 4.74 Å². The number of methoxy groups -OCH3 is 1. The van der Waals surface area contributed by atoms with Gasteiger partial charge in [-0.3, -0.25) is 4.79 Å². The normalized spacial score (nSPS) is 22.7. The lowest BCUT2D eigenvalue weighted by atomic mass is 9.78. The van der Waals surface area contributed by atoms with E-state index in [1.807, 2.05) is 30.3 Å². The van der Waals surface area contributed by atoms with Gasteiger partial charge in [-0.1, -0.05) is 50.3 Å². The molecule has 0 amide bonds. The Kier molecular flexibility index (Phi) is 5.66. The molecule has 1 aliphatic carbocycles. The molecule has 1 aliphatic rings. The maximum atomic E-state index is 12.4. The van der Waals surface area contributed by atoms with Gasteiger partial charge >= 0.3 is 11.9 Å². The van der Waals surface area contributed by atoms with E-state index < -0.39 is 34.6 Å². The number of allylic oxidation sites excluding steroid dienone is 1. The molecule has 0 aliphatic heterocycles. The highest BCUT2D eigenvalue weighted by Crippen LogP contribution is 2.75. The number of hydrogen-bond donors (Lipinski definition) is 1. The molecule has 0 spiro atoms. The first-order valence-electron chi connectivity index (χ1n) is 9.51. The van der Waals surface area contributed by atoms with E-state index in [2.05, 4.69) is 10.8 Å². The summed E-state index contributed by atoms with van der Waals surface area (Å²) in [7, 11) is 1.26. The molecule has 6 nitrogen and oxygen atoms in total. The second-order valence-corrected chi connectivity index (χ2v) is 7.81. The summed E-state index contributed by atoms with van der Waals surface area (Å²) in [5, 5.41) is 20.2. The van der Waals surface area contributed by atoms with Crippen LogP contribution in [0.4, 0.5) is 0 Å². The van der Waals surface area contributed by atoms with Crippen LogP contribution in [0.1, 0.15) is 25.3 Å². The fourth-order valence-corrected chi connectivity index (χ4v) is 4.38. The Morgan fingerprint density at radius 2 is 1.80 bits per heavy atom. The van der Waals surface area contributed by atoms with E-state index in [9.17, 15) is 20.0 Å². The van der Waals surface area contributed by atoms with E-state index in [1.165, 1.54) is 19.3 Å². The average Bonchev–Trinajstić information content (AvgIpc) is 3.23. The molecule has 2 aromatic carbocycles. The van der Waals surface area contributed by atoms with Crippen molar-refractivity contribution in [3.05, 3.63) is 72.3 Å². The molecule has 3 atom stereocenters. The van der Waals surface area contributed by atoms with Gasteiger partial charge in [-0.25, -0.2) is 4.79 Å². The fourth-order valence-electron chi connectivity index (χ4n) is 4.38. The highest BCUT2D eigenvalue weighted by atomic mass is 16.5. The molecule has 1 saturated carbocycles. The van der Waals surface area contributed by atoms with Crippen molar-refractivity contribution >= 4 is 11.9 Å². The Labute approximate surface area is 175 Å². The molecular weight excluding hydrogens is 382 g/mol. The minimum Gasteiger partial charge on any atom is -0.481 e. The summed E-state index contributed by atoms with van der Waals surface area (Å²) in [6.07, 6.45) is 2.76. The quantitative estimate of drug-likeness (QED) is 0.536. The maximum absolute atomic E-state index is 12.4. The van der Waals surface area contributed by atoms with Gasteiger partial charge in [0.1, 0.15) is 16.9 Å². The van der Waals surface area contributed by atoms with Crippen LogP contribution in [0.2, 0.25) is 0 Å². The molecule has 3 rings (SSSR count). The molecule has 1 N–H and O–H groups in total. The van der Waals surface area contributed by atoms with Crippen molar-refractivity contribution in [3.63, 3.8) is 0 Å². The minimum absolute atomic E-state index is 0.509. The molecule has 0 radical (unpaired) electrons. The Morgan fingerprint density at radius 3 is 2.40 bits per heavy atom. The van der Waals surface area contributed by atoms with Crippen molar-refractivity contribution in [2.45, 2.75) is 19.8 Å². The van der Waals surface area contributed by atoms with E-state index >= 15 is 0 Å². The lowest BCUT2D eigenvalue weighted by Gasteiger charge is -2.22. The second-order valence-electron chi connectivity index (χ2n) is 7.81. The lowest BCUT2D eigenvalue weighted by Crippen LogP contribution is -2.28. The Balaban J connectivity index is 1.98. The third-order valence-corrected chi connectivity index (χ3v) is 5.99. The van der Waals surface area contributed by atoms with Crippen LogP contribution >= 0.6 is 0 Å². The fraction of sp³-hybridized carbons (Fsp3) is 0.292. The predicted octanol–water partition coefficient (Wildman–Crippen LogP) is 4.54. The highest BCUT2D eigenvalue weighted by Gasteiger charge is 2.78. The van der Waals surface area contributed by atoms with Gasteiger partial charge in [0.05, 0.1) is 19.1 Å². The van der Waals surface area contributed by atoms with Crippen molar-refractivity contribution in [1.82, 2.24) is 0 Å². The topological polar surface area (TPSA) is 96.6 Å². The van der Waals surface area contributed by atoms with Gasteiger partial charge < -0.3 is 14.6 Å². The number of carbonyl (C=O) groups is 2. The number of para-hydroxylation sites is 1. The predicted molar refractivity (Wildman–Crippen MR) is 110 cm³/mol. The average molecular weight is 405 g/mol. The number of carboxylic acids is 1. The number of carbonyl (C=O) groups excluding carboxylic acids is 1. The number of rotatable bonds is 7. The molecule has 30 heavy (non-hydrogen) atoms. The number of benzene rings is 2. The van der Waals surface area contributed by atoms with E-state index in [1.54, 1.807) is 38.1 Å². The second kappa shape index (κ2) is 8.03. The van der Waals surface area contributed by atoms with Gasteiger partial charge in [0.2, 0.25) is 0 Å². The Hall–Kier alpha value is -3.59. The van der Waals surface area contributed by atoms with Gasteiger partial charge in [0.25, 0.3) is 0 Å². The van der Waals surface area contributed by atoms with Crippen LogP contribution in [-0.2, 0) is 14.3 Å². The molecule has 0 heterocycles. The monoisotopic (exact) mass is 405 g/mol. The molecule has 154 valence electrons. The zero-order valence-corrected chi connectivity index (χ0v) is 17.0. The summed E-state index contributed by atoms with van der Waals surface area (Å²) < 4.78 is 10.5. The molecule has 0 bridgehead atoms. The number of hydrogen-bond acceptors (Lipinski definition) is 5. The Bertz CT molecular complexity index is 1020. The lowest BCUT2D eigenvalue weighted by molar-refractivity contribution is -0.145. The molecule has 1 fully saturated rings. The largest absolute Gasteiger partial charge is 0.481 e. The van der Waals surface area contributed by atoms with Gasteiger partial charge in [0, 0.05) is 12.0 Å². The van der Waals surface area contributed by atoms with E-state index in [-0.39, 0.29) is 0 Å². The number of nitrogens with zero attached hydrogens (tertiary/aromatic N) is 1. The van der Waals surface area contributed by atoms with Crippen LogP contribution in [0.15, 0.2) is 66.7 Å². The standard InChI is InChI=1S/C24H23NO5/c1-23(2)20(12-13-21(26)29-3)24(23,22(27)28)19(15-25)16-8-7-11-18(14-16)30-17-9-5-4-6-10-17/h4-14,19-20H,1-3H3,(H,27,28)/b13-12-/t19-,20-,24+/m0/s1. The third kappa shape index (κ3) is 3.43. The van der Waals surface area contributed by atoms with Crippen LogP contribution in [0.25, 0.3) is 0 Å². The Morgan fingerprint density at radius 1 is 1.13 bits per heavy atom. The van der Waals surface area contributed by atoms with Crippen molar-refractivity contribution in [1.29, 1.82) is 5.26 Å². The zero-order chi connectivity index (χ0) is 21.9. The molecule has 6 heteroatoms. The molecular formula is C24H23NO5. The molecule has 2 aromatic rings. The summed E-state index contributed by atoms with van der Waals surface area (Å²) in [4.78, 5) is 24.0. The van der Waals surface area contributed by atoms with Gasteiger partial charge in [-0.05, 0) is 35.2 Å². The molecule has 0 aromatic heterocycles. The van der Waals surface area contributed by atoms with Crippen LogP contribution in [0, 0.1) is 28.1 Å². The number of aliphatic carboxylic acids is 1. The maximum Gasteiger partial charge on any atom is 0.330 e. The first kappa shape index (κ1) is 21.1. The van der Waals surface area contributed by atoms with Crippen molar-refractivity contribution in [2.75, 3.05) is 7.11 Å². The summed E-state index contributed by atoms with van der Waals surface area (Å²) in [5.41, 5.74) is -1.56. The number of carboxylic acid groups (broad SMARTS) is 1. The van der Waals surface area contributed by atoms with Gasteiger partial charge in [-0.2, -0.15) is 5.26 Å². The van der Waals surface area contributed by atoms with E-state index in [0.717, 1.165) is 0 Å². The van der Waals surface area contributed by atoms with E-state index in [0.29, 0.717) is 17.1 Å². The molecule has 0 unspecified atom stereocenters. The summed E-state index contributed by atoms with van der Waals surface area (Å²) >= 11 is 0. The minimum atomic E-state index is -1.38. The van der Waals surface area contributed by atoms with Gasteiger partial charge in [-0.15, -0.1) is 0 Å². The van der Waals surface area contributed by atoms with Crippen molar-refractivity contribution < 1.29 is 24.2 Å². The summed E-state index contributed by atoms with van der Waals surface area (Å²) in [6.45, 7) is 3.59. The van der Waals surface area contributed by atoms with Crippen LogP contribution in [0.5, 0.6) is 11.5 Å². The highest BCUT2D eigenvalue weighted by molar-refractivity contribution is 5.86.